The van der Waals surface area contributed by atoms with Crippen LogP contribution in [0.15, 0.2) is 45.6 Å². The topological polar surface area (TPSA) is 49.8 Å². The van der Waals surface area contributed by atoms with Crippen LogP contribution in [0.4, 0.5) is 11.6 Å². The molecule has 0 radical (unpaired) electrons. The number of aromatic nitrogens is 2. The predicted molar refractivity (Wildman–Crippen MR) is 94.7 cm³/mol. The van der Waals surface area contributed by atoms with Crippen molar-refractivity contribution in [2.24, 2.45) is 0 Å². The molecular formula is C15H18Br2N4. The summed E-state index contributed by atoms with van der Waals surface area (Å²) < 4.78 is 1.72. The molecule has 0 aromatic carbocycles. The van der Waals surface area contributed by atoms with E-state index < -0.39 is 0 Å². The molecule has 0 fully saturated rings. The fourth-order valence-electron chi connectivity index (χ4n) is 1.87. The van der Waals surface area contributed by atoms with Crippen LogP contribution >= 0.6 is 31.9 Å². The summed E-state index contributed by atoms with van der Waals surface area (Å²) in [6.45, 7) is 1.89. The van der Waals surface area contributed by atoms with Crippen molar-refractivity contribution in [3.8, 4) is 0 Å². The van der Waals surface area contributed by atoms with Gasteiger partial charge in [0.25, 0.3) is 0 Å². The first-order chi connectivity index (χ1) is 10.2. The minimum absolute atomic E-state index is 0.859. The second-order valence-corrected chi connectivity index (χ2v) is 6.23. The highest BCUT2D eigenvalue weighted by Crippen LogP contribution is 2.11. The molecular weight excluding hydrogens is 396 g/mol. The quantitative estimate of drug-likeness (QED) is 0.486. The molecule has 0 saturated heterocycles. The first-order valence-electron chi connectivity index (χ1n) is 6.97. The van der Waals surface area contributed by atoms with Crippen molar-refractivity contribution < 1.29 is 0 Å². The number of halogens is 2. The molecule has 2 N–H and O–H groups in total. The van der Waals surface area contributed by atoms with Gasteiger partial charge in [-0.25, -0.2) is 9.97 Å². The van der Waals surface area contributed by atoms with E-state index in [0.29, 0.717) is 0 Å². The Hall–Kier alpha value is -1.14. The number of hydrogen-bond acceptors (Lipinski definition) is 4. The maximum absolute atomic E-state index is 4.34. The number of unbranched alkanes of at least 4 members (excludes halogenated alkanes) is 2. The molecule has 6 heteroatoms. The lowest BCUT2D eigenvalue weighted by Crippen LogP contribution is -2.06. The van der Waals surface area contributed by atoms with E-state index in [2.05, 4.69) is 52.5 Å². The van der Waals surface area contributed by atoms with E-state index in [4.69, 9.17) is 0 Å². The molecule has 21 heavy (non-hydrogen) atoms. The van der Waals surface area contributed by atoms with Gasteiger partial charge in [-0.15, -0.1) is 0 Å². The number of anilines is 2. The SMILES string of the molecule is Brc1cccc(NCCCCCNc2cccc(Br)n2)n1. The molecule has 2 heterocycles. The van der Waals surface area contributed by atoms with Crippen LogP contribution in [0.25, 0.3) is 0 Å². The van der Waals surface area contributed by atoms with Crippen LogP contribution in [0.3, 0.4) is 0 Å². The first kappa shape index (κ1) is 16.2. The molecule has 0 atom stereocenters. The van der Waals surface area contributed by atoms with Crippen molar-refractivity contribution in [1.82, 2.24) is 9.97 Å². The highest BCUT2D eigenvalue weighted by atomic mass is 79.9. The van der Waals surface area contributed by atoms with Crippen LogP contribution in [0, 0.1) is 0 Å². The van der Waals surface area contributed by atoms with Crippen LogP contribution in [0.5, 0.6) is 0 Å². The first-order valence-corrected chi connectivity index (χ1v) is 8.55. The summed E-state index contributed by atoms with van der Waals surface area (Å²) in [6, 6.07) is 11.8. The monoisotopic (exact) mass is 412 g/mol. The average Bonchev–Trinajstić information content (AvgIpc) is 2.46. The Morgan fingerprint density at radius 2 is 1.19 bits per heavy atom. The third-order valence-corrected chi connectivity index (χ3v) is 3.78. The average molecular weight is 414 g/mol. The molecule has 2 aromatic heterocycles. The van der Waals surface area contributed by atoms with Gasteiger partial charge in [0, 0.05) is 13.1 Å². The number of nitrogens with zero attached hydrogens (tertiary/aromatic N) is 2. The standard InChI is InChI=1S/C15H18Br2N4/c16-12-6-4-8-14(20-12)18-10-2-1-3-11-19-15-9-5-7-13(17)21-15/h4-9H,1-3,10-11H2,(H,18,20)(H,19,21). The summed E-state index contributed by atoms with van der Waals surface area (Å²) >= 11 is 6.73. The summed E-state index contributed by atoms with van der Waals surface area (Å²) in [6.07, 6.45) is 3.42. The Bertz CT molecular complexity index is 513. The highest BCUT2D eigenvalue weighted by molar-refractivity contribution is 9.10. The molecule has 0 bridgehead atoms. The van der Waals surface area contributed by atoms with Crippen LogP contribution in [0.2, 0.25) is 0 Å². The van der Waals surface area contributed by atoms with Gasteiger partial charge in [-0.2, -0.15) is 0 Å². The summed E-state index contributed by atoms with van der Waals surface area (Å²) in [4.78, 5) is 8.67. The van der Waals surface area contributed by atoms with Crippen molar-refractivity contribution in [2.45, 2.75) is 19.3 Å². The van der Waals surface area contributed by atoms with E-state index in [9.17, 15) is 0 Å². The van der Waals surface area contributed by atoms with Gasteiger partial charge in [0.2, 0.25) is 0 Å². The maximum Gasteiger partial charge on any atom is 0.127 e. The Morgan fingerprint density at radius 1 is 0.714 bits per heavy atom. The van der Waals surface area contributed by atoms with Gasteiger partial charge < -0.3 is 10.6 Å². The molecule has 0 unspecified atom stereocenters. The van der Waals surface area contributed by atoms with E-state index >= 15 is 0 Å². The fourth-order valence-corrected chi connectivity index (χ4v) is 2.56. The Morgan fingerprint density at radius 3 is 1.62 bits per heavy atom. The summed E-state index contributed by atoms with van der Waals surface area (Å²) in [5.74, 6) is 1.83. The lowest BCUT2D eigenvalue weighted by atomic mass is 10.2. The zero-order chi connectivity index (χ0) is 14.9. The molecule has 4 nitrogen and oxygen atoms in total. The Kier molecular flexibility index (Phi) is 6.95. The molecule has 0 saturated carbocycles. The fraction of sp³-hybridized carbons (Fsp3) is 0.333. The number of hydrogen-bond donors (Lipinski definition) is 2. The van der Waals surface area contributed by atoms with Crippen molar-refractivity contribution in [3.05, 3.63) is 45.6 Å². The lowest BCUT2D eigenvalue weighted by Gasteiger charge is -2.07. The van der Waals surface area contributed by atoms with Gasteiger partial charge in [-0.1, -0.05) is 12.1 Å². The van der Waals surface area contributed by atoms with Gasteiger partial charge in [0.1, 0.15) is 20.8 Å². The normalized spacial score (nSPS) is 10.4. The highest BCUT2D eigenvalue weighted by Gasteiger charge is 1.96. The van der Waals surface area contributed by atoms with Gasteiger partial charge in [-0.3, -0.25) is 0 Å². The van der Waals surface area contributed by atoms with Gasteiger partial charge >= 0.3 is 0 Å². The molecule has 0 amide bonds. The smallest absolute Gasteiger partial charge is 0.127 e. The molecule has 112 valence electrons. The molecule has 0 aliphatic carbocycles. The largest absolute Gasteiger partial charge is 0.370 e. The van der Waals surface area contributed by atoms with Crippen LogP contribution in [0.1, 0.15) is 19.3 Å². The second-order valence-electron chi connectivity index (χ2n) is 4.61. The van der Waals surface area contributed by atoms with Crippen molar-refractivity contribution in [3.63, 3.8) is 0 Å². The van der Waals surface area contributed by atoms with Crippen LogP contribution < -0.4 is 10.6 Å². The van der Waals surface area contributed by atoms with Crippen molar-refractivity contribution >= 4 is 43.5 Å². The van der Waals surface area contributed by atoms with Crippen molar-refractivity contribution in [1.29, 1.82) is 0 Å². The van der Waals surface area contributed by atoms with Gasteiger partial charge in [-0.05, 0) is 75.4 Å². The Balaban J connectivity index is 1.54. The maximum atomic E-state index is 4.34. The zero-order valence-electron chi connectivity index (χ0n) is 11.6. The molecule has 0 aliphatic heterocycles. The number of nitrogens with one attached hydrogen (secondary N) is 2. The zero-order valence-corrected chi connectivity index (χ0v) is 14.8. The van der Waals surface area contributed by atoms with Crippen LogP contribution in [-0.2, 0) is 0 Å². The third-order valence-electron chi connectivity index (χ3n) is 2.90. The van der Waals surface area contributed by atoms with E-state index in [1.165, 1.54) is 6.42 Å². The molecule has 0 aliphatic rings. The third kappa shape index (κ3) is 6.44. The summed E-state index contributed by atoms with van der Waals surface area (Å²) in [5, 5.41) is 6.64. The molecule has 2 rings (SSSR count). The predicted octanol–water partition coefficient (Wildman–Crippen LogP) is 4.70. The molecule has 2 aromatic rings. The minimum atomic E-state index is 0.859. The summed E-state index contributed by atoms with van der Waals surface area (Å²) in [5.41, 5.74) is 0. The van der Waals surface area contributed by atoms with Gasteiger partial charge in [0.05, 0.1) is 0 Å². The van der Waals surface area contributed by atoms with E-state index in [1.807, 2.05) is 36.4 Å². The van der Waals surface area contributed by atoms with E-state index in [-0.39, 0.29) is 0 Å². The molecule has 0 spiro atoms. The number of pyridine rings is 2. The van der Waals surface area contributed by atoms with Crippen molar-refractivity contribution in [2.75, 3.05) is 23.7 Å². The van der Waals surface area contributed by atoms with E-state index in [0.717, 1.165) is 46.8 Å². The van der Waals surface area contributed by atoms with E-state index in [1.54, 1.807) is 0 Å². The minimum Gasteiger partial charge on any atom is -0.370 e. The second kappa shape index (κ2) is 9.00. The summed E-state index contributed by atoms with van der Waals surface area (Å²) in [7, 11) is 0. The lowest BCUT2D eigenvalue weighted by molar-refractivity contribution is 0.718. The number of rotatable bonds is 8. The van der Waals surface area contributed by atoms with Crippen LogP contribution in [-0.4, -0.2) is 23.1 Å². The Labute approximate surface area is 142 Å². The van der Waals surface area contributed by atoms with Gasteiger partial charge in [0.15, 0.2) is 0 Å².